The highest BCUT2D eigenvalue weighted by Gasteiger charge is 2.18. The molecule has 0 aliphatic rings. The topological polar surface area (TPSA) is 92.9 Å². The van der Waals surface area contributed by atoms with E-state index in [4.69, 9.17) is 5.73 Å². The van der Waals surface area contributed by atoms with Gasteiger partial charge in [-0.05, 0) is 61.0 Å². The number of nitrogens with one attached hydrogen (secondary N) is 2. The summed E-state index contributed by atoms with van der Waals surface area (Å²) in [7, 11) is 0. The average Bonchev–Trinajstić information content (AvgIpc) is 3.39. The maximum absolute atomic E-state index is 12.3. The largest absolute Gasteiger partial charge is 0.368 e. The summed E-state index contributed by atoms with van der Waals surface area (Å²) in [5, 5.41) is 9.31. The molecule has 6 nitrogen and oxygen atoms in total. The van der Waals surface area contributed by atoms with E-state index in [1.54, 1.807) is 11.3 Å². The number of carbonyl (C=O) groups excluding carboxylic acids is 1. The Labute approximate surface area is 189 Å². The van der Waals surface area contributed by atoms with E-state index in [0.717, 1.165) is 40.1 Å². The third-order valence-corrected chi connectivity index (χ3v) is 7.01. The Kier molecular flexibility index (Phi) is 6.31. The number of anilines is 1. The van der Waals surface area contributed by atoms with Gasteiger partial charge in [0.1, 0.15) is 4.83 Å². The van der Waals surface area contributed by atoms with E-state index in [1.165, 1.54) is 27.3 Å². The first-order chi connectivity index (χ1) is 15.0. The lowest BCUT2D eigenvalue weighted by atomic mass is 9.96. The van der Waals surface area contributed by atoms with E-state index >= 15 is 0 Å². The van der Waals surface area contributed by atoms with Crippen LogP contribution in [0.3, 0.4) is 0 Å². The van der Waals surface area contributed by atoms with Gasteiger partial charge >= 0.3 is 0 Å². The zero-order valence-corrected chi connectivity index (χ0v) is 19.4. The van der Waals surface area contributed by atoms with Crippen LogP contribution in [0.25, 0.3) is 21.5 Å². The van der Waals surface area contributed by atoms with Crippen LogP contribution in [0.5, 0.6) is 0 Å². The Bertz CT molecular complexity index is 1230. The maximum Gasteiger partial charge on any atom is 0.261 e. The van der Waals surface area contributed by atoms with Crippen molar-refractivity contribution in [2.24, 2.45) is 0 Å². The average molecular weight is 452 g/mol. The number of nitrogen functional groups attached to an aromatic ring is 1. The number of hydrogen-bond donors (Lipinski definition) is 3. The van der Waals surface area contributed by atoms with Crippen molar-refractivity contribution >= 4 is 44.7 Å². The first-order valence-corrected chi connectivity index (χ1v) is 11.8. The molecule has 0 spiro atoms. The lowest BCUT2D eigenvalue weighted by Gasteiger charge is -2.14. The van der Waals surface area contributed by atoms with Crippen molar-refractivity contribution in [3.05, 3.63) is 62.2 Å². The molecule has 3 aromatic heterocycles. The predicted molar refractivity (Wildman–Crippen MR) is 130 cm³/mol. The van der Waals surface area contributed by atoms with Crippen LogP contribution >= 0.6 is 22.7 Å². The normalized spacial score (nSPS) is 11.2. The van der Waals surface area contributed by atoms with Gasteiger partial charge in [0.05, 0.1) is 10.6 Å². The minimum Gasteiger partial charge on any atom is -0.368 e. The quantitative estimate of drug-likeness (QED) is 0.380. The molecular formula is C23H25N5OS2. The Morgan fingerprint density at radius 1 is 1.13 bits per heavy atom. The lowest BCUT2D eigenvalue weighted by Crippen LogP contribution is -2.21. The first kappa shape index (κ1) is 21.4. The molecule has 4 N–H and O–H groups in total. The van der Waals surface area contributed by atoms with Crippen molar-refractivity contribution in [3.63, 3.8) is 0 Å². The van der Waals surface area contributed by atoms with Gasteiger partial charge in [0, 0.05) is 35.5 Å². The number of benzene rings is 1. The van der Waals surface area contributed by atoms with Crippen molar-refractivity contribution in [2.75, 3.05) is 12.3 Å². The van der Waals surface area contributed by atoms with Crippen molar-refractivity contribution in [2.45, 2.75) is 33.9 Å². The molecule has 1 amide bonds. The third kappa shape index (κ3) is 4.61. The number of nitrogens with zero attached hydrogens (tertiary/aromatic N) is 2. The first-order valence-electron chi connectivity index (χ1n) is 10.1. The summed E-state index contributed by atoms with van der Waals surface area (Å²) in [5.41, 5.74) is 11.4. The van der Waals surface area contributed by atoms with E-state index in [-0.39, 0.29) is 11.9 Å². The zero-order chi connectivity index (χ0) is 22.0. The summed E-state index contributed by atoms with van der Waals surface area (Å²) in [5.74, 6) is 0.110. The molecule has 3 heterocycles. The van der Waals surface area contributed by atoms with E-state index in [9.17, 15) is 4.79 Å². The Balaban J connectivity index is 1.71. The predicted octanol–water partition coefficient (Wildman–Crippen LogP) is 4.66. The second-order valence-corrected chi connectivity index (χ2v) is 9.46. The van der Waals surface area contributed by atoms with Gasteiger partial charge in [-0.2, -0.15) is 0 Å². The minimum absolute atomic E-state index is 0.103. The van der Waals surface area contributed by atoms with Gasteiger partial charge in [0.15, 0.2) is 0 Å². The molecule has 0 unspecified atom stereocenters. The Morgan fingerprint density at radius 3 is 2.71 bits per heavy atom. The van der Waals surface area contributed by atoms with Gasteiger partial charge in [0.2, 0.25) is 5.95 Å². The highest BCUT2D eigenvalue weighted by Crippen LogP contribution is 2.35. The van der Waals surface area contributed by atoms with Gasteiger partial charge in [-0.15, -0.1) is 22.7 Å². The molecule has 1 aromatic carbocycles. The molecule has 0 saturated heterocycles. The van der Waals surface area contributed by atoms with Crippen molar-refractivity contribution < 1.29 is 4.79 Å². The van der Waals surface area contributed by atoms with Crippen molar-refractivity contribution in [1.82, 2.24) is 20.6 Å². The summed E-state index contributed by atoms with van der Waals surface area (Å²) >= 11 is 3.09. The number of carbonyl (C=O) groups is 1. The molecule has 0 bridgehead atoms. The Morgan fingerprint density at radius 2 is 1.97 bits per heavy atom. The van der Waals surface area contributed by atoms with Gasteiger partial charge in [-0.25, -0.2) is 9.97 Å². The number of hydrogen-bond acceptors (Lipinski definition) is 7. The SMILES string of the molecule is CCNC(=O)c1cc2c(-c3cc(CNCc4cccs4)c(C)cc3C)nc(N)nc2s1. The highest BCUT2D eigenvalue weighted by molar-refractivity contribution is 7.20. The van der Waals surface area contributed by atoms with Crippen molar-refractivity contribution in [1.29, 1.82) is 0 Å². The molecule has 0 aliphatic carbocycles. The molecule has 0 atom stereocenters. The van der Waals surface area contributed by atoms with E-state index in [2.05, 4.69) is 64.1 Å². The standard InChI is InChI=1S/C23H25N5OS2/c1-4-26-21(29)19-10-18-20(27-23(24)28-22(18)31-19)17-9-15(13(2)8-14(17)3)11-25-12-16-6-5-7-30-16/h5-10,25H,4,11-12H2,1-3H3,(H,26,29)(H2,24,27,28). The summed E-state index contributed by atoms with van der Waals surface area (Å²) in [6.45, 7) is 8.28. The molecule has 31 heavy (non-hydrogen) atoms. The fourth-order valence-corrected chi connectivity index (χ4v) is 5.21. The van der Waals surface area contributed by atoms with Gasteiger partial charge in [-0.3, -0.25) is 4.79 Å². The zero-order valence-electron chi connectivity index (χ0n) is 17.8. The second kappa shape index (κ2) is 9.13. The van der Waals surface area contributed by atoms with Gasteiger partial charge in [0.25, 0.3) is 5.91 Å². The summed E-state index contributed by atoms with van der Waals surface area (Å²) in [6, 6.07) is 10.4. The van der Waals surface area contributed by atoms with Crippen LogP contribution in [0.15, 0.2) is 35.7 Å². The van der Waals surface area contributed by atoms with Crippen LogP contribution in [-0.2, 0) is 13.1 Å². The molecule has 0 saturated carbocycles. The molecule has 4 aromatic rings. The number of aryl methyl sites for hydroxylation is 2. The van der Waals surface area contributed by atoms with Gasteiger partial charge < -0.3 is 16.4 Å². The number of thiophene rings is 2. The van der Waals surface area contributed by atoms with Crippen LogP contribution in [0.2, 0.25) is 0 Å². The number of amides is 1. The fourth-order valence-electron chi connectivity index (χ4n) is 3.58. The summed E-state index contributed by atoms with van der Waals surface area (Å²) in [4.78, 5) is 23.9. The van der Waals surface area contributed by atoms with Crippen LogP contribution in [-0.4, -0.2) is 22.4 Å². The van der Waals surface area contributed by atoms with Crippen LogP contribution in [0.1, 0.15) is 38.2 Å². The summed E-state index contributed by atoms with van der Waals surface area (Å²) < 4.78 is 0. The third-order valence-electron chi connectivity index (χ3n) is 5.10. The minimum atomic E-state index is -0.103. The van der Waals surface area contributed by atoms with E-state index in [1.807, 2.05) is 13.0 Å². The maximum atomic E-state index is 12.3. The van der Waals surface area contributed by atoms with Crippen LogP contribution in [0, 0.1) is 13.8 Å². The number of aromatic nitrogens is 2. The van der Waals surface area contributed by atoms with Gasteiger partial charge in [-0.1, -0.05) is 12.1 Å². The van der Waals surface area contributed by atoms with Crippen LogP contribution in [0.4, 0.5) is 5.95 Å². The monoisotopic (exact) mass is 451 g/mol. The highest BCUT2D eigenvalue weighted by atomic mass is 32.1. The molecule has 4 rings (SSSR count). The second-order valence-electron chi connectivity index (χ2n) is 7.40. The van der Waals surface area contributed by atoms with Crippen LogP contribution < -0.4 is 16.4 Å². The fraction of sp³-hybridized carbons (Fsp3) is 0.261. The number of fused-ring (bicyclic) bond motifs is 1. The molecule has 0 radical (unpaired) electrons. The molecule has 160 valence electrons. The van der Waals surface area contributed by atoms with E-state index in [0.29, 0.717) is 11.4 Å². The summed E-state index contributed by atoms with van der Waals surface area (Å²) in [6.07, 6.45) is 0. The molecular weight excluding hydrogens is 426 g/mol. The number of rotatable bonds is 7. The lowest BCUT2D eigenvalue weighted by molar-refractivity contribution is 0.0960. The molecule has 0 aliphatic heterocycles. The van der Waals surface area contributed by atoms with Crippen molar-refractivity contribution in [3.8, 4) is 11.3 Å². The molecule has 8 heteroatoms. The Hall–Kier alpha value is -2.81. The van der Waals surface area contributed by atoms with E-state index < -0.39 is 0 Å². The smallest absolute Gasteiger partial charge is 0.261 e. The molecule has 0 fully saturated rings. The number of nitrogens with two attached hydrogens (primary N) is 1.